The first kappa shape index (κ1) is 16.3. The molecule has 2 aromatic heterocycles. The molecule has 2 aliphatic heterocycles. The predicted octanol–water partition coefficient (Wildman–Crippen LogP) is 3.27. The molecule has 5 rings (SSSR count). The van der Waals surface area contributed by atoms with Gasteiger partial charge in [-0.2, -0.15) is 0 Å². The molecule has 6 nitrogen and oxygen atoms in total. The zero-order chi connectivity index (χ0) is 18.4. The number of hydrogen-bond acceptors (Lipinski definition) is 4. The fraction of sp³-hybridized carbons (Fsp3) is 0.333. The monoisotopic (exact) mass is 363 g/mol. The smallest absolute Gasteiger partial charge is 0.289 e. The molecule has 0 saturated carbocycles. The molecule has 1 saturated heterocycles. The van der Waals surface area contributed by atoms with Crippen molar-refractivity contribution >= 4 is 5.91 Å². The number of ether oxygens (including phenoxy) is 1. The van der Waals surface area contributed by atoms with Crippen molar-refractivity contribution in [3.05, 3.63) is 66.0 Å². The Morgan fingerprint density at radius 2 is 2.04 bits per heavy atom. The summed E-state index contributed by atoms with van der Waals surface area (Å²) in [7, 11) is 0. The van der Waals surface area contributed by atoms with Gasteiger partial charge in [0.1, 0.15) is 18.0 Å². The molecule has 1 aromatic carbocycles. The number of aryl methyl sites for hydroxylation is 1. The summed E-state index contributed by atoms with van der Waals surface area (Å²) in [6.07, 6.45) is 4.26. The van der Waals surface area contributed by atoms with Crippen LogP contribution in [0.25, 0.3) is 11.3 Å². The predicted molar refractivity (Wildman–Crippen MR) is 99.1 cm³/mol. The molecular weight excluding hydrogens is 342 g/mol. The number of rotatable bonds is 2. The molecule has 0 radical (unpaired) electrons. The van der Waals surface area contributed by atoms with Gasteiger partial charge in [-0.25, -0.2) is 4.98 Å². The van der Waals surface area contributed by atoms with Crippen LogP contribution in [0.3, 0.4) is 0 Å². The fourth-order valence-corrected chi connectivity index (χ4v) is 4.03. The summed E-state index contributed by atoms with van der Waals surface area (Å²) in [5, 5.41) is 0. The molecule has 1 atom stereocenters. The van der Waals surface area contributed by atoms with Crippen LogP contribution in [0, 0.1) is 6.92 Å². The Bertz CT molecular complexity index is 975. The van der Waals surface area contributed by atoms with Crippen molar-refractivity contribution in [1.82, 2.24) is 14.5 Å². The second-order valence-corrected chi connectivity index (χ2v) is 7.44. The lowest BCUT2D eigenvalue weighted by Crippen LogP contribution is -2.45. The van der Waals surface area contributed by atoms with E-state index in [1.54, 1.807) is 12.1 Å². The minimum atomic E-state index is -0.366. The zero-order valence-corrected chi connectivity index (χ0v) is 15.2. The molecule has 0 unspecified atom stereocenters. The van der Waals surface area contributed by atoms with Gasteiger partial charge in [-0.1, -0.05) is 29.8 Å². The summed E-state index contributed by atoms with van der Waals surface area (Å²) in [5.41, 5.74) is 3.12. The van der Waals surface area contributed by atoms with Crippen LogP contribution in [-0.4, -0.2) is 39.0 Å². The number of furan rings is 1. The third-order valence-corrected chi connectivity index (χ3v) is 5.57. The maximum atomic E-state index is 12.6. The lowest BCUT2D eigenvalue weighted by atomic mass is 10.0. The van der Waals surface area contributed by atoms with Crippen LogP contribution < -0.4 is 0 Å². The molecule has 2 aliphatic rings. The summed E-state index contributed by atoms with van der Waals surface area (Å²) < 4.78 is 13.7. The van der Waals surface area contributed by atoms with E-state index in [0.29, 0.717) is 32.0 Å². The summed E-state index contributed by atoms with van der Waals surface area (Å²) in [4.78, 5) is 19.0. The Hall–Kier alpha value is -2.86. The molecule has 0 bridgehead atoms. The number of carbonyl (C=O) groups is 1. The lowest BCUT2D eigenvalue weighted by Gasteiger charge is -2.35. The number of amides is 1. The van der Waals surface area contributed by atoms with E-state index in [2.05, 4.69) is 40.7 Å². The minimum Gasteiger partial charge on any atom is -0.459 e. The molecule has 0 aliphatic carbocycles. The largest absolute Gasteiger partial charge is 0.459 e. The van der Waals surface area contributed by atoms with Crippen LogP contribution in [-0.2, 0) is 17.9 Å². The molecule has 1 amide bonds. The SMILES string of the molecule is Cc1ccc(-c2cnc3n2C[C@]2(CCN(C(=O)c4ccco4)C2)OC3)cc1. The highest BCUT2D eigenvalue weighted by Gasteiger charge is 2.45. The Morgan fingerprint density at radius 3 is 2.81 bits per heavy atom. The van der Waals surface area contributed by atoms with Gasteiger partial charge in [0.25, 0.3) is 5.91 Å². The number of hydrogen-bond donors (Lipinski definition) is 0. The topological polar surface area (TPSA) is 60.5 Å². The second-order valence-electron chi connectivity index (χ2n) is 7.44. The van der Waals surface area contributed by atoms with Crippen molar-refractivity contribution < 1.29 is 13.9 Å². The van der Waals surface area contributed by atoms with Crippen LogP contribution in [0.15, 0.2) is 53.3 Å². The Labute approximate surface area is 157 Å². The summed E-state index contributed by atoms with van der Waals surface area (Å²) in [6, 6.07) is 11.9. The molecule has 27 heavy (non-hydrogen) atoms. The molecule has 3 aromatic rings. The number of fused-ring (bicyclic) bond motifs is 1. The number of nitrogens with zero attached hydrogens (tertiary/aromatic N) is 3. The van der Waals surface area contributed by atoms with Gasteiger partial charge in [-0.05, 0) is 31.0 Å². The van der Waals surface area contributed by atoms with E-state index in [1.165, 1.54) is 11.8 Å². The van der Waals surface area contributed by atoms with Crippen molar-refractivity contribution in [2.45, 2.75) is 32.1 Å². The normalized spacial score (nSPS) is 21.6. The van der Waals surface area contributed by atoms with Gasteiger partial charge in [0, 0.05) is 6.54 Å². The highest BCUT2D eigenvalue weighted by atomic mass is 16.5. The highest BCUT2D eigenvalue weighted by molar-refractivity contribution is 5.91. The van der Waals surface area contributed by atoms with Crippen LogP contribution in [0.5, 0.6) is 0 Å². The van der Waals surface area contributed by atoms with Crippen molar-refractivity contribution in [1.29, 1.82) is 0 Å². The van der Waals surface area contributed by atoms with Gasteiger partial charge in [-0.3, -0.25) is 4.79 Å². The average Bonchev–Trinajstić information content (AvgIpc) is 3.42. The highest BCUT2D eigenvalue weighted by Crippen LogP contribution is 2.35. The van der Waals surface area contributed by atoms with E-state index in [4.69, 9.17) is 9.15 Å². The first-order valence-corrected chi connectivity index (χ1v) is 9.22. The number of imidazole rings is 1. The van der Waals surface area contributed by atoms with Crippen molar-refractivity contribution in [2.75, 3.05) is 13.1 Å². The van der Waals surface area contributed by atoms with Gasteiger partial charge in [0.15, 0.2) is 5.76 Å². The first-order chi connectivity index (χ1) is 13.1. The van der Waals surface area contributed by atoms with E-state index in [-0.39, 0.29) is 11.5 Å². The molecule has 0 N–H and O–H groups in total. The number of aromatic nitrogens is 2. The number of carbonyl (C=O) groups excluding carboxylic acids is 1. The van der Waals surface area contributed by atoms with Gasteiger partial charge >= 0.3 is 0 Å². The molecule has 6 heteroatoms. The van der Waals surface area contributed by atoms with Gasteiger partial charge in [0.2, 0.25) is 0 Å². The van der Waals surface area contributed by atoms with Gasteiger partial charge in [-0.15, -0.1) is 0 Å². The quantitative estimate of drug-likeness (QED) is 0.701. The summed E-state index contributed by atoms with van der Waals surface area (Å²) in [6.45, 7) is 4.49. The Morgan fingerprint density at radius 1 is 1.19 bits per heavy atom. The van der Waals surface area contributed by atoms with E-state index in [9.17, 15) is 4.79 Å². The molecule has 1 spiro atoms. The van der Waals surface area contributed by atoms with Crippen LogP contribution in [0.1, 0.15) is 28.4 Å². The summed E-state index contributed by atoms with van der Waals surface area (Å²) >= 11 is 0. The van der Waals surface area contributed by atoms with Gasteiger partial charge in [0.05, 0.1) is 31.2 Å². The maximum absolute atomic E-state index is 12.6. The lowest BCUT2D eigenvalue weighted by molar-refractivity contribution is -0.0805. The third-order valence-electron chi connectivity index (χ3n) is 5.57. The second kappa shape index (κ2) is 6.09. The number of benzene rings is 1. The van der Waals surface area contributed by atoms with E-state index in [0.717, 1.165) is 23.5 Å². The van der Waals surface area contributed by atoms with Crippen molar-refractivity contribution in [2.24, 2.45) is 0 Å². The van der Waals surface area contributed by atoms with Crippen molar-refractivity contribution in [3.63, 3.8) is 0 Å². The Kier molecular flexibility index (Phi) is 3.68. The van der Waals surface area contributed by atoms with E-state index >= 15 is 0 Å². The van der Waals surface area contributed by atoms with Crippen molar-refractivity contribution in [3.8, 4) is 11.3 Å². The molecule has 138 valence electrons. The molecular formula is C21H21N3O3. The Balaban J connectivity index is 1.40. The van der Waals surface area contributed by atoms with E-state index < -0.39 is 0 Å². The molecule has 1 fully saturated rings. The first-order valence-electron chi connectivity index (χ1n) is 9.22. The average molecular weight is 363 g/mol. The standard InChI is InChI=1S/C21H21N3O3/c1-15-4-6-16(7-5-15)17-11-22-19-12-27-21(14-24(17)19)8-9-23(13-21)20(25)18-3-2-10-26-18/h2-7,10-11H,8-9,12-14H2,1H3/t21-/m1/s1. The minimum absolute atomic E-state index is 0.0735. The van der Waals surface area contributed by atoms with Gasteiger partial charge < -0.3 is 18.6 Å². The zero-order valence-electron chi connectivity index (χ0n) is 15.2. The van der Waals surface area contributed by atoms with Crippen LogP contribution in [0.4, 0.5) is 0 Å². The third kappa shape index (κ3) is 2.77. The maximum Gasteiger partial charge on any atom is 0.289 e. The number of likely N-dealkylation sites (tertiary alicyclic amines) is 1. The summed E-state index contributed by atoms with van der Waals surface area (Å²) in [5.74, 6) is 1.24. The van der Waals surface area contributed by atoms with Crippen LogP contribution >= 0.6 is 0 Å². The van der Waals surface area contributed by atoms with Crippen LogP contribution in [0.2, 0.25) is 0 Å². The fourth-order valence-electron chi connectivity index (χ4n) is 4.03. The van der Waals surface area contributed by atoms with E-state index in [1.807, 2.05) is 11.1 Å². The molecule has 4 heterocycles.